The second kappa shape index (κ2) is 5.97. The summed E-state index contributed by atoms with van der Waals surface area (Å²) in [4.78, 5) is 12.0. The van der Waals surface area contributed by atoms with Crippen LogP contribution in [0, 0.1) is 0 Å². The van der Waals surface area contributed by atoms with Crippen LogP contribution in [-0.4, -0.2) is 11.8 Å². The van der Waals surface area contributed by atoms with Crippen molar-refractivity contribution in [3.05, 3.63) is 35.4 Å². The number of hydrogen-bond acceptors (Lipinski definition) is 2. The summed E-state index contributed by atoms with van der Waals surface area (Å²) >= 11 is 0. The highest BCUT2D eigenvalue weighted by Crippen LogP contribution is 2.17. The van der Waals surface area contributed by atoms with Crippen molar-refractivity contribution in [2.24, 2.45) is 0 Å². The van der Waals surface area contributed by atoms with Crippen molar-refractivity contribution >= 4 is 5.78 Å². The van der Waals surface area contributed by atoms with Crippen molar-refractivity contribution in [2.75, 3.05) is 0 Å². The number of ketones is 1. The molecule has 0 radical (unpaired) electrons. The first kappa shape index (κ1) is 12.3. The molecule has 1 heterocycles. The van der Waals surface area contributed by atoms with Gasteiger partial charge in [-0.15, -0.1) is 0 Å². The topological polar surface area (TPSA) is 29.1 Å². The summed E-state index contributed by atoms with van der Waals surface area (Å²) < 4.78 is 0. The fourth-order valence-electron chi connectivity index (χ4n) is 2.41. The van der Waals surface area contributed by atoms with Gasteiger partial charge in [0.05, 0.1) is 6.04 Å². The summed E-state index contributed by atoms with van der Waals surface area (Å²) in [5.41, 5.74) is 2.67. The van der Waals surface area contributed by atoms with Crippen LogP contribution >= 0.6 is 0 Å². The molecule has 0 aromatic heterocycles. The SMILES string of the molecule is CCCCCC(=O)C1Cc2ccccc2CN1. The predicted molar refractivity (Wildman–Crippen MR) is 69.9 cm³/mol. The Balaban J connectivity index is 1.91. The van der Waals surface area contributed by atoms with E-state index >= 15 is 0 Å². The molecule has 1 aromatic rings. The first-order valence-electron chi connectivity index (χ1n) is 6.64. The zero-order valence-corrected chi connectivity index (χ0v) is 10.5. The molecular formula is C15H21NO. The summed E-state index contributed by atoms with van der Waals surface area (Å²) in [5, 5.41) is 3.35. The Morgan fingerprint density at radius 1 is 1.29 bits per heavy atom. The van der Waals surface area contributed by atoms with E-state index in [0.29, 0.717) is 5.78 Å². The van der Waals surface area contributed by atoms with E-state index in [1.807, 2.05) is 0 Å². The highest BCUT2D eigenvalue weighted by atomic mass is 16.1. The van der Waals surface area contributed by atoms with Crippen molar-refractivity contribution in [3.63, 3.8) is 0 Å². The Kier molecular flexibility index (Phi) is 4.32. The Bertz CT molecular complexity index is 386. The number of Topliss-reactive ketones (excluding diaryl/α,β-unsaturated/α-hetero) is 1. The van der Waals surface area contributed by atoms with Gasteiger partial charge in [0.15, 0.2) is 0 Å². The predicted octanol–water partition coefficient (Wildman–Crippen LogP) is 2.85. The molecule has 1 unspecified atom stereocenters. The first-order valence-corrected chi connectivity index (χ1v) is 6.64. The summed E-state index contributed by atoms with van der Waals surface area (Å²) in [6.07, 6.45) is 4.97. The molecule has 0 bridgehead atoms. The number of unbranched alkanes of at least 4 members (excludes halogenated alkanes) is 2. The van der Waals surface area contributed by atoms with Crippen LogP contribution in [-0.2, 0) is 17.8 Å². The second-order valence-electron chi connectivity index (χ2n) is 4.83. The van der Waals surface area contributed by atoms with Gasteiger partial charge in [-0.1, -0.05) is 44.0 Å². The number of carbonyl (C=O) groups is 1. The van der Waals surface area contributed by atoms with Crippen molar-refractivity contribution in [1.29, 1.82) is 0 Å². The van der Waals surface area contributed by atoms with Gasteiger partial charge < -0.3 is 5.32 Å². The molecule has 2 nitrogen and oxygen atoms in total. The van der Waals surface area contributed by atoms with E-state index < -0.39 is 0 Å². The summed E-state index contributed by atoms with van der Waals surface area (Å²) in [6.45, 7) is 3.00. The van der Waals surface area contributed by atoms with E-state index in [-0.39, 0.29) is 6.04 Å². The van der Waals surface area contributed by atoms with Crippen LogP contribution in [0.3, 0.4) is 0 Å². The van der Waals surface area contributed by atoms with Crippen molar-refractivity contribution in [1.82, 2.24) is 5.32 Å². The van der Waals surface area contributed by atoms with Crippen molar-refractivity contribution in [3.8, 4) is 0 Å². The smallest absolute Gasteiger partial charge is 0.150 e. The molecular weight excluding hydrogens is 210 g/mol. The molecule has 0 fully saturated rings. The minimum Gasteiger partial charge on any atom is -0.303 e. The Morgan fingerprint density at radius 3 is 2.82 bits per heavy atom. The molecule has 92 valence electrons. The minimum absolute atomic E-state index is 0.0433. The second-order valence-corrected chi connectivity index (χ2v) is 4.83. The molecule has 1 atom stereocenters. The number of benzene rings is 1. The van der Waals surface area contributed by atoms with Gasteiger partial charge in [0.25, 0.3) is 0 Å². The molecule has 0 spiro atoms. The summed E-state index contributed by atoms with van der Waals surface area (Å²) in [6, 6.07) is 8.44. The molecule has 0 amide bonds. The van der Waals surface area contributed by atoms with Gasteiger partial charge in [-0.05, 0) is 24.0 Å². The largest absolute Gasteiger partial charge is 0.303 e. The molecule has 0 saturated heterocycles. The minimum atomic E-state index is 0.0433. The lowest BCUT2D eigenvalue weighted by Gasteiger charge is -2.25. The van der Waals surface area contributed by atoms with Crippen LogP contribution in [0.2, 0.25) is 0 Å². The zero-order chi connectivity index (χ0) is 12.1. The number of nitrogens with one attached hydrogen (secondary N) is 1. The maximum absolute atomic E-state index is 12.0. The average molecular weight is 231 g/mol. The third-order valence-corrected chi connectivity index (χ3v) is 3.50. The number of fused-ring (bicyclic) bond motifs is 1. The van der Waals surface area contributed by atoms with Crippen molar-refractivity contribution in [2.45, 2.75) is 51.6 Å². The fraction of sp³-hybridized carbons (Fsp3) is 0.533. The lowest BCUT2D eigenvalue weighted by atomic mass is 9.92. The monoisotopic (exact) mass is 231 g/mol. The van der Waals surface area contributed by atoms with Crippen molar-refractivity contribution < 1.29 is 4.79 Å². The van der Waals surface area contributed by atoms with Crippen LogP contribution in [0.5, 0.6) is 0 Å². The maximum atomic E-state index is 12.0. The molecule has 0 saturated carbocycles. The van der Waals surface area contributed by atoms with Crippen LogP contribution in [0.25, 0.3) is 0 Å². The third-order valence-electron chi connectivity index (χ3n) is 3.50. The molecule has 0 aliphatic carbocycles. The van der Waals surface area contributed by atoms with Gasteiger partial charge >= 0.3 is 0 Å². The third kappa shape index (κ3) is 3.16. The van der Waals surface area contributed by atoms with E-state index in [1.165, 1.54) is 17.5 Å². The van der Waals surface area contributed by atoms with Crippen LogP contribution in [0.1, 0.15) is 43.7 Å². The molecule has 2 heteroatoms. The highest BCUT2D eigenvalue weighted by molar-refractivity contribution is 5.84. The molecule has 2 rings (SSSR count). The molecule has 1 aromatic carbocycles. The average Bonchev–Trinajstić information content (AvgIpc) is 2.38. The lowest BCUT2D eigenvalue weighted by Crippen LogP contribution is -2.41. The maximum Gasteiger partial charge on any atom is 0.150 e. The lowest BCUT2D eigenvalue weighted by molar-refractivity contribution is -0.121. The molecule has 1 N–H and O–H groups in total. The van der Waals surface area contributed by atoms with Gasteiger partial charge in [-0.2, -0.15) is 0 Å². The van der Waals surface area contributed by atoms with E-state index in [4.69, 9.17) is 0 Å². The van der Waals surface area contributed by atoms with Crippen LogP contribution in [0.4, 0.5) is 0 Å². The molecule has 1 aliphatic heterocycles. The van der Waals surface area contributed by atoms with Gasteiger partial charge in [-0.3, -0.25) is 4.79 Å². The van der Waals surface area contributed by atoms with E-state index in [1.54, 1.807) is 0 Å². The highest BCUT2D eigenvalue weighted by Gasteiger charge is 2.22. The van der Waals surface area contributed by atoms with Gasteiger partial charge in [0, 0.05) is 13.0 Å². The van der Waals surface area contributed by atoms with Gasteiger partial charge in [0.1, 0.15) is 5.78 Å². The summed E-state index contributed by atoms with van der Waals surface area (Å²) in [5.74, 6) is 0.382. The normalized spacial score (nSPS) is 18.8. The van der Waals surface area contributed by atoms with E-state index in [9.17, 15) is 4.79 Å². The molecule has 17 heavy (non-hydrogen) atoms. The first-order chi connectivity index (χ1) is 8.31. The molecule has 1 aliphatic rings. The Morgan fingerprint density at radius 2 is 2.06 bits per heavy atom. The number of rotatable bonds is 5. The van der Waals surface area contributed by atoms with Crippen LogP contribution < -0.4 is 5.32 Å². The fourth-order valence-corrected chi connectivity index (χ4v) is 2.41. The number of hydrogen-bond donors (Lipinski definition) is 1. The van der Waals surface area contributed by atoms with E-state index in [0.717, 1.165) is 32.2 Å². The quantitative estimate of drug-likeness (QED) is 0.789. The Labute approximate surface area is 103 Å². The standard InChI is InChI=1S/C15H21NO/c1-2-3-4-9-15(17)14-10-12-7-5-6-8-13(12)11-16-14/h5-8,14,16H,2-4,9-11H2,1H3. The number of carbonyl (C=O) groups excluding carboxylic acids is 1. The van der Waals surface area contributed by atoms with Crippen LogP contribution in [0.15, 0.2) is 24.3 Å². The summed E-state index contributed by atoms with van der Waals surface area (Å²) in [7, 11) is 0. The Hall–Kier alpha value is -1.15. The van der Waals surface area contributed by atoms with E-state index in [2.05, 4.69) is 36.5 Å². The van der Waals surface area contributed by atoms with Gasteiger partial charge in [0.2, 0.25) is 0 Å². The zero-order valence-electron chi connectivity index (χ0n) is 10.5. The van der Waals surface area contributed by atoms with Gasteiger partial charge in [-0.25, -0.2) is 0 Å².